The Hall–Kier alpha value is -1.29. The second kappa shape index (κ2) is 4.70. The number of rotatable bonds is 3. The van der Waals surface area contributed by atoms with E-state index in [2.05, 4.69) is 21.0 Å². The van der Waals surface area contributed by atoms with Crippen LogP contribution in [0.1, 0.15) is 11.3 Å². The highest BCUT2D eigenvalue weighted by molar-refractivity contribution is 9.08. The van der Waals surface area contributed by atoms with Crippen molar-refractivity contribution in [1.82, 2.24) is 9.78 Å². The largest absolute Gasteiger partial charge is 0.439 e. The van der Waals surface area contributed by atoms with E-state index in [9.17, 15) is 0 Å². The Labute approximate surface area is 103 Å². The van der Waals surface area contributed by atoms with Crippen molar-refractivity contribution in [2.24, 2.45) is 7.05 Å². The van der Waals surface area contributed by atoms with E-state index in [0.717, 1.165) is 28.2 Å². The van der Waals surface area contributed by atoms with Crippen LogP contribution in [0, 0.1) is 6.92 Å². The first-order valence-electron chi connectivity index (χ1n) is 5.03. The fourth-order valence-corrected chi connectivity index (χ4v) is 2.21. The number of hydrogen-bond acceptors (Lipinski definition) is 2. The smallest absolute Gasteiger partial charge is 0.221 e. The first-order valence-corrected chi connectivity index (χ1v) is 6.16. The topological polar surface area (TPSA) is 27.1 Å². The van der Waals surface area contributed by atoms with Crippen LogP contribution < -0.4 is 4.74 Å². The van der Waals surface area contributed by atoms with Crippen molar-refractivity contribution in [2.75, 3.05) is 0 Å². The lowest BCUT2D eigenvalue weighted by atomic mass is 10.3. The molecular weight excluding hydrogens is 268 g/mol. The van der Waals surface area contributed by atoms with E-state index >= 15 is 0 Å². The number of ether oxygens (including phenoxy) is 1. The maximum atomic E-state index is 5.82. The summed E-state index contributed by atoms with van der Waals surface area (Å²) in [6.45, 7) is 1.98. The quantitative estimate of drug-likeness (QED) is 0.806. The van der Waals surface area contributed by atoms with Gasteiger partial charge in [-0.05, 0) is 19.1 Å². The van der Waals surface area contributed by atoms with Crippen molar-refractivity contribution in [3.05, 3.63) is 41.6 Å². The molecule has 3 nitrogen and oxygen atoms in total. The van der Waals surface area contributed by atoms with Crippen LogP contribution in [-0.2, 0) is 12.4 Å². The summed E-state index contributed by atoms with van der Waals surface area (Å²) in [5, 5.41) is 5.08. The molecule has 0 fully saturated rings. The molecule has 0 atom stereocenters. The molecule has 16 heavy (non-hydrogen) atoms. The predicted molar refractivity (Wildman–Crippen MR) is 67.1 cm³/mol. The van der Waals surface area contributed by atoms with Gasteiger partial charge in [-0.15, -0.1) is 0 Å². The lowest BCUT2D eigenvalue weighted by Crippen LogP contribution is -1.96. The van der Waals surface area contributed by atoms with Gasteiger partial charge < -0.3 is 4.74 Å². The van der Waals surface area contributed by atoms with Crippen LogP contribution in [-0.4, -0.2) is 9.78 Å². The van der Waals surface area contributed by atoms with Crippen LogP contribution in [0.25, 0.3) is 0 Å². The van der Waals surface area contributed by atoms with Crippen LogP contribution >= 0.6 is 15.9 Å². The number of halogens is 1. The standard InChI is InChI=1S/C12H13BrN2O/c1-9-11(8-13)12(15(2)14-9)16-10-6-4-3-5-7-10/h3-7H,8H2,1-2H3. The molecule has 1 heterocycles. The number of nitrogens with zero attached hydrogens (tertiary/aromatic N) is 2. The zero-order chi connectivity index (χ0) is 11.5. The number of benzene rings is 1. The van der Waals surface area contributed by atoms with Gasteiger partial charge in [0, 0.05) is 17.9 Å². The maximum Gasteiger partial charge on any atom is 0.221 e. The molecule has 0 aliphatic carbocycles. The summed E-state index contributed by atoms with van der Waals surface area (Å²) in [6.07, 6.45) is 0. The molecule has 0 radical (unpaired) electrons. The van der Waals surface area contributed by atoms with Gasteiger partial charge in [0.05, 0.1) is 5.69 Å². The molecule has 0 bridgehead atoms. The minimum Gasteiger partial charge on any atom is -0.439 e. The van der Waals surface area contributed by atoms with Crippen LogP contribution in [0.5, 0.6) is 11.6 Å². The first kappa shape index (κ1) is 11.2. The molecule has 0 amide bonds. The van der Waals surface area contributed by atoms with Crippen molar-refractivity contribution in [2.45, 2.75) is 12.3 Å². The van der Waals surface area contributed by atoms with Gasteiger partial charge in [-0.1, -0.05) is 34.1 Å². The first-order chi connectivity index (χ1) is 7.72. The summed E-state index contributed by atoms with van der Waals surface area (Å²) in [5.74, 6) is 1.62. The van der Waals surface area contributed by atoms with Crippen molar-refractivity contribution in [3.63, 3.8) is 0 Å². The minimum absolute atomic E-state index is 0.745. The van der Waals surface area contributed by atoms with E-state index in [1.54, 1.807) is 4.68 Å². The number of aryl methyl sites for hydroxylation is 2. The van der Waals surface area contributed by atoms with E-state index in [1.165, 1.54) is 0 Å². The van der Waals surface area contributed by atoms with E-state index < -0.39 is 0 Å². The summed E-state index contributed by atoms with van der Waals surface area (Å²) >= 11 is 3.45. The zero-order valence-corrected chi connectivity index (χ0v) is 10.9. The summed E-state index contributed by atoms with van der Waals surface area (Å²) in [4.78, 5) is 0. The van der Waals surface area contributed by atoms with E-state index in [4.69, 9.17) is 4.74 Å². The number of para-hydroxylation sites is 1. The molecule has 1 aromatic heterocycles. The third-order valence-corrected chi connectivity index (χ3v) is 2.94. The van der Waals surface area contributed by atoms with Crippen molar-refractivity contribution in [3.8, 4) is 11.6 Å². The van der Waals surface area contributed by atoms with Gasteiger partial charge in [0.25, 0.3) is 0 Å². The fourth-order valence-electron chi connectivity index (χ4n) is 1.56. The highest BCUT2D eigenvalue weighted by Crippen LogP contribution is 2.28. The molecule has 0 aliphatic heterocycles. The second-order valence-electron chi connectivity index (χ2n) is 3.54. The Kier molecular flexibility index (Phi) is 3.29. The van der Waals surface area contributed by atoms with Crippen molar-refractivity contribution in [1.29, 1.82) is 0 Å². The maximum absolute atomic E-state index is 5.82. The van der Waals surface area contributed by atoms with E-state index in [1.807, 2.05) is 44.3 Å². The van der Waals surface area contributed by atoms with Crippen molar-refractivity contribution >= 4 is 15.9 Å². The third kappa shape index (κ3) is 2.11. The Morgan fingerprint density at radius 1 is 1.31 bits per heavy atom. The van der Waals surface area contributed by atoms with Gasteiger partial charge in [0.1, 0.15) is 5.75 Å². The molecule has 0 saturated carbocycles. The SMILES string of the molecule is Cc1nn(C)c(Oc2ccccc2)c1CBr. The highest BCUT2D eigenvalue weighted by Gasteiger charge is 2.13. The monoisotopic (exact) mass is 280 g/mol. The lowest BCUT2D eigenvalue weighted by Gasteiger charge is -2.07. The van der Waals surface area contributed by atoms with Crippen LogP contribution in [0.2, 0.25) is 0 Å². The van der Waals surface area contributed by atoms with Gasteiger partial charge in [-0.25, -0.2) is 4.68 Å². The van der Waals surface area contributed by atoms with Crippen molar-refractivity contribution < 1.29 is 4.74 Å². The molecule has 2 aromatic rings. The molecule has 1 aromatic carbocycles. The number of alkyl halides is 1. The zero-order valence-electron chi connectivity index (χ0n) is 9.27. The summed E-state index contributed by atoms with van der Waals surface area (Å²) in [7, 11) is 1.89. The molecule has 0 saturated heterocycles. The second-order valence-corrected chi connectivity index (χ2v) is 4.10. The average Bonchev–Trinajstić information content (AvgIpc) is 2.55. The molecule has 84 valence electrons. The fraction of sp³-hybridized carbons (Fsp3) is 0.250. The molecule has 0 spiro atoms. The van der Waals surface area contributed by atoms with Gasteiger partial charge >= 0.3 is 0 Å². The van der Waals surface area contributed by atoms with Crippen LogP contribution in [0.15, 0.2) is 30.3 Å². The summed E-state index contributed by atoms with van der Waals surface area (Å²) < 4.78 is 7.59. The lowest BCUT2D eigenvalue weighted by molar-refractivity contribution is 0.427. The summed E-state index contributed by atoms with van der Waals surface area (Å²) in [5.41, 5.74) is 2.08. The van der Waals surface area contributed by atoms with Gasteiger partial charge in [-0.3, -0.25) is 0 Å². The summed E-state index contributed by atoms with van der Waals surface area (Å²) in [6, 6.07) is 9.73. The highest BCUT2D eigenvalue weighted by atomic mass is 79.9. The van der Waals surface area contributed by atoms with E-state index in [-0.39, 0.29) is 0 Å². The average molecular weight is 281 g/mol. The molecule has 0 unspecified atom stereocenters. The van der Waals surface area contributed by atoms with Crippen LogP contribution in [0.4, 0.5) is 0 Å². The van der Waals surface area contributed by atoms with Crippen LogP contribution in [0.3, 0.4) is 0 Å². The predicted octanol–water partition coefficient (Wildman–Crippen LogP) is 3.42. The Balaban J connectivity index is 2.34. The Morgan fingerprint density at radius 2 is 2.00 bits per heavy atom. The minimum atomic E-state index is 0.745. The molecule has 4 heteroatoms. The van der Waals surface area contributed by atoms with Gasteiger partial charge in [0.2, 0.25) is 5.88 Å². The van der Waals surface area contributed by atoms with E-state index in [0.29, 0.717) is 0 Å². The third-order valence-electron chi connectivity index (χ3n) is 2.38. The molecular formula is C12H13BrN2O. The van der Waals surface area contributed by atoms with Gasteiger partial charge in [-0.2, -0.15) is 5.10 Å². The molecule has 0 N–H and O–H groups in total. The Morgan fingerprint density at radius 3 is 2.62 bits per heavy atom. The number of hydrogen-bond donors (Lipinski definition) is 0. The number of aromatic nitrogens is 2. The molecule has 0 aliphatic rings. The molecule has 2 rings (SSSR count). The normalized spacial score (nSPS) is 10.4. The Bertz CT molecular complexity index is 479. The van der Waals surface area contributed by atoms with Gasteiger partial charge in [0.15, 0.2) is 0 Å².